The summed E-state index contributed by atoms with van der Waals surface area (Å²) >= 11 is 0. The molecule has 0 spiro atoms. The van der Waals surface area contributed by atoms with E-state index in [1.54, 1.807) is 6.92 Å². The largest absolute Gasteiger partial charge is 0.386 e. The summed E-state index contributed by atoms with van der Waals surface area (Å²) in [5.41, 5.74) is 16.2. The van der Waals surface area contributed by atoms with Crippen LogP contribution in [0.15, 0.2) is 11.4 Å². The smallest absolute Gasteiger partial charge is 0.0935 e. The van der Waals surface area contributed by atoms with E-state index in [2.05, 4.69) is 0 Å². The van der Waals surface area contributed by atoms with Crippen molar-refractivity contribution in [1.82, 2.24) is 0 Å². The van der Waals surface area contributed by atoms with Crippen molar-refractivity contribution < 1.29 is 0 Å². The fourth-order valence-corrected chi connectivity index (χ4v) is 0.118. The van der Waals surface area contributed by atoms with Gasteiger partial charge in [-0.2, -0.15) is 0 Å². The van der Waals surface area contributed by atoms with Gasteiger partial charge in [0.1, 0.15) is 0 Å². The third kappa shape index (κ3) is 2.05. The van der Waals surface area contributed by atoms with Gasteiger partial charge in [-0.1, -0.05) is 0 Å². The Labute approximate surface area is 43.2 Å². The first kappa shape index (κ1) is 6.30. The van der Waals surface area contributed by atoms with Crippen LogP contribution < -0.4 is 17.2 Å². The van der Waals surface area contributed by atoms with Crippen molar-refractivity contribution in [2.24, 2.45) is 17.2 Å². The van der Waals surface area contributed by atoms with Gasteiger partial charge in [0.05, 0.1) is 5.82 Å². The lowest BCUT2D eigenvalue weighted by molar-refractivity contribution is 1.05. The molecule has 0 aliphatic heterocycles. The molecule has 0 aliphatic rings. The monoisotopic (exact) mass is 101 g/mol. The Morgan fingerprint density at radius 1 is 1.43 bits per heavy atom. The molecule has 42 valence electrons. The molecule has 0 amide bonds. The van der Waals surface area contributed by atoms with Crippen LogP contribution in [0.5, 0.6) is 0 Å². The quantitative estimate of drug-likeness (QED) is 0.400. The predicted molar refractivity (Wildman–Crippen MR) is 30.1 cm³/mol. The summed E-state index contributed by atoms with van der Waals surface area (Å²) in [6, 6.07) is 0. The summed E-state index contributed by atoms with van der Waals surface area (Å²) in [5, 5.41) is 0. The Morgan fingerprint density at radius 3 is 1.86 bits per heavy atom. The van der Waals surface area contributed by atoms with Crippen molar-refractivity contribution in [3.05, 3.63) is 11.4 Å². The molecule has 0 aliphatic carbocycles. The topological polar surface area (TPSA) is 78.1 Å². The van der Waals surface area contributed by atoms with E-state index in [-0.39, 0.29) is 0 Å². The Kier molecular flexibility index (Phi) is 2.22. The Bertz CT molecular complexity index is 80.9. The zero-order valence-electron chi connectivity index (χ0n) is 4.44. The van der Waals surface area contributed by atoms with Gasteiger partial charge in [0.15, 0.2) is 0 Å². The molecule has 3 heteroatoms. The van der Waals surface area contributed by atoms with E-state index in [0.29, 0.717) is 12.4 Å². The molecule has 3 nitrogen and oxygen atoms in total. The molecule has 6 N–H and O–H groups in total. The molecule has 0 aromatic heterocycles. The first-order valence-electron chi connectivity index (χ1n) is 2.09. The summed E-state index contributed by atoms with van der Waals surface area (Å²) in [6.07, 6.45) is 0. The summed E-state index contributed by atoms with van der Waals surface area (Å²) in [7, 11) is 0. The zero-order valence-corrected chi connectivity index (χ0v) is 4.44. The first-order chi connectivity index (χ1) is 3.18. The number of hydrogen-bond acceptors (Lipinski definition) is 3. The maximum Gasteiger partial charge on any atom is 0.0935 e. The van der Waals surface area contributed by atoms with Crippen molar-refractivity contribution in [3.63, 3.8) is 0 Å². The van der Waals surface area contributed by atoms with Gasteiger partial charge in [-0.3, -0.25) is 0 Å². The standard InChI is InChI=1S/C4H11N3/c1-3(2-5)4(6)7/h2,5-7H2,1H3. The van der Waals surface area contributed by atoms with Gasteiger partial charge < -0.3 is 17.2 Å². The zero-order chi connectivity index (χ0) is 5.86. The summed E-state index contributed by atoms with van der Waals surface area (Å²) in [6.45, 7) is 2.25. The minimum Gasteiger partial charge on any atom is -0.386 e. The Morgan fingerprint density at radius 2 is 1.86 bits per heavy atom. The van der Waals surface area contributed by atoms with Gasteiger partial charge in [0.25, 0.3) is 0 Å². The predicted octanol–water partition coefficient (Wildman–Crippen LogP) is -0.906. The number of rotatable bonds is 1. The molecule has 0 aromatic rings. The molecule has 7 heavy (non-hydrogen) atoms. The van der Waals surface area contributed by atoms with Crippen LogP contribution in [0.1, 0.15) is 6.92 Å². The Hall–Kier alpha value is -0.700. The second-order valence-corrected chi connectivity index (χ2v) is 1.44. The fourth-order valence-electron chi connectivity index (χ4n) is 0.118. The Balaban J connectivity index is 3.72. The highest BCUT2D eigenvalue weighted by Gasteiger charge is 1.84. The van der Waals surface area contributed by atoms with Crippen molar-refractivity contribution in [1.29, 1.82) is 0 Å². The molecule has 0 saturated heterocycles. The molecule has 0 rings (SSSR count). The van der Waals surface area contributed by atoms with Crippen molar-refractivity contribution in [2.75, 3.05) is 6.54 Å². The van der Waals surface area contributed by atoms with E-state index in [1.807, 2.05) is 0 Å². The van der Waals surface area contributed by atoms with E-state index in [4.69, 9.17) is 17.2 Å². The average Bonchev–Trinajstić information content (AvgIpc) is 1.65. The van der Waals surface area contributed by atoms with Crippen LogP contribution in [0.3, 0.4) is 0 Å². The highest BCUT2D eigenvalue weighted by Crippen LogP contribution is 1.84. The second-order valence-electron chi connectivity index (χ2n) is 1.44. The van der Waals surface area contributed by atoms with Gasteiger partial charge in [-0.05, 0) is 12.5 Å². The van der Waals surface area contributed by atoms with Crippen molar-refractivity contribution >= 4 is 0 Å². The van der Waals surface area contributed by atoms with Crippen LogP contribution in [-0.4, -0.2) is 6.54 Å². The number of hydrogen-bond donors (Lipinski definition) is 3. The maximum atomic E-state index is 5.16. The van der Waals surface area contributed by atoms with Crippen LogP contribution in [0.25, 0.3) is 0 Å². The molecular formula is C4H11N3. The minimum absolute atomic E-state index is 0.336. The molecule has 0 radical (unpaired) electrons. The molecule has 0 heterocycles. The van der Waals surface area contributed by atoms with Crippen LogP contribution in [0.2, 0.25) is 0 Å². The minimum atomic E-state index is 0.336. The molecule has 0 saturated carbocycles. The molecule has 0 unspecified atom stereocenters. The summed E-state index contributed by atoms with van der Waals surface area (Å²) in [4.78, 5) is 0. The lowest BCUT2D eigenvalue weighted by Crippen LogP contribution is -2.15. The van der Waals surface area contributed by atoms with E-state index < -0.39 is 0 Å². The van der Waals surface area contributed by atoms with E-state index in [1.165, 1.54) is 0 Å². The molecule has 0 bridgehead atoms. The van der Waals surface area contributed by atoms with Gasteiger partial charge >= 0.3 is 0 Å². The highest BCUT2D eigenvalue weighted by atomic mass is 14.8. The SMILES string of the molecule is CC(CN)=C(N)N. The lowest BCUT2D eigenvalue weighted by atomic mass is 10.3. The number of nitrogens with two attached hydrogens (primary N) is 3. The van der Waals surface area contributed by atoms with Gasteiger partial charge in [0, 0.05) is 6.54 Å². The third-order valence-electron chi connectivity index (χ3n) is 0.799. The summed E-state index contributed by atoms with van der Waals surface area (Å²) in [5.74, 6) is 0.336. The van der Waals surface area contributed by atoms with E-state index >= 15 is 0 Å². The fraction of sp³-hybridized carbons (Fsp3) is 0.500. The van der Waals surface area contributed by atoms with Crippen molar-refractivity contribution in [3.8, 4) is 0 Å². The summed E-state index contributed by atoms with van der Waals surface area (Å²) < 4.78 is 0. The van der Waals surface area contributed by atoms with Crippen LogP contribution >= 0.6 is 0 Å². The normalized spacial score (nSPS) is 8.29. The molecule has 0 fully saturated rings. The lowest BCUT2D eigenvalue weighted by Gasteiger charge is -1.95. The van der Waals surface area contributed by atoms with Crippen LogP contribution in [-0.2, 0) is 0 Å². The van der Waals surface area contributed by atoms with E-state index in [9.17, 15) is 0 Å². The average molecular weight is 101 g/mol. The molecule has 0 atom stereocenters. The van der Waals surface area contributed by atoms with Gasteiger partial charge in [-0.15, -0.1) is 0 Å². The van der Waals surface area contributed by atoms with Gasteiger partial charge in [0.2, 0.25) is 0 Å². The van der Waals surface area contributed by atoms with Crippen molar-refractivity contribution in [2.45, 2.75) is 6.92 Å². The van der Waals surface area contributed by atoms with Crippen LogP contribution in [0.4, 0.5) is 0 Å². The van der Waals surface area contributed by atoms with Crippen LogP contribution in [0, 0.1) is 0 Å². The second kappa shape index (κ2) is 2.47. The maximum absolute atomic E-state index is 5.16. The first-order valence-corrected chi connectivity index (χ1v) is 2.09. The molecule has 0 aromatic carbocycles. The van der Waals surface area contributed by atoms with Gasteiger partial charge in [-0.25, -0.2) is 0 Å². The third-order valence-corrected chi connectivity index (χ3v) is 0.799. The highest BCUT2D eigenvalue weighted by molar-refractivity contribution is 5.04. The van der Waals surface area contributed by atoms with E-state index in [0.717, 1.165) is 5.57 Å². The molecular weight excluding hydrogens is 90.1 g/mol.